The molecule has 7 heterocycles. The molecule has 122 heavy (non-hydrogen) atoms. The molecule has 0 aromatic rings. The van der Waals surface area contributed by atoms with Gasteiger partial charge in [-0.25, -0.2) is 4.79 Å². The number of hydrogen-bond acceptors (Lipinski definition) is 40. The van der Waals surface area contributed by atoms with Crippen LogP contribution >= 0.6 is 0 Å². The van der Waals surface area contributed by atoms with Gasteiger partial charge in [0.05, 0.1) is 63.6 Å². The monoisotopic (exact) mass is 1750 g/mol. The van der Waals surface area contributed by atoms with E-state index < -0.39 is 323 Å². The van der Waals surface area contributed by atoms with Crippen molar-refractivity contribution < 1.29 is 197 Å². The topological polar surface area (TPSA) is 610 Å². The lowest BCUT2D eigenvalue weighted by Gasteiger charge is -2.72. The Morgan fingerprint density at radius 2 is 1.08 bits per heavy atom. The predicted octanol–water partition coefficient (Wildman–Crippen LogP) is -4.71. The third-order valence-corrected chi connectivity index (χ3v) is 29.0. The van der Waals surface area contributed by atoms with E-state index in [-0.39, 0.29) is 43.1 Å². The summed E-state index contributed by atoms with van der Waals surface area (Å²) in [6.07, 6.45) is -51.9. The summed E-state index contributed by atoms with van der Waals surface area (Å²) < 4.78 is 100. The molecule has 40 heteroatoms. The van der Waals surface area contributed by atoms with Crippen LogP contribution in [0.3, 0.4) is 0 Å². The van der Waals surface area contributed by atoms with Crippen molar-refractivity contribution in [3.63, 3.8) is 0 Å². The van der Waals surface area contributed by atoms with Crippen molar-refractivity contribution >= 4 is 23.9 Å². The van der Waals surface area contributed by atoms with Gasteiger partial charge in [0.25, 0.3) is 0 Å². The average Bonchev–Trinajstić information content (AvgIpc) is 0.663. The van der Waals surface area contributed by atoms with E-state index in [0.717, 1.165) is 13.8 Å². The van der Waals surface area contributed by atoms with Crippen LogP contribution in [-0.2, 0) is 99.7 Å². The Kier molecular flexibility index (Phi) is 30.0. The van der Waals surface area contributed by atoms with Gasteiger partial charge in [-0.1, -0.05) is 72.3 Å². The van der Waals surface area contributed by atoms with E-state index in [9.17, 15) is 111 Å². The van der Waals surface area contributed by atoms with E-state index in [0.29, 0.717) is 44.1 Å². The minimum atomic E-state index is -2.17. The van der Waals surface area contributed by atoms with Crippen molar-refractivity contribution in [2.75, 3.05) is 46.2 Å². The lowest BCUT2D eigenvalue weighted by molar-refractivity contribution is -0.370. The molecule has 7 aliphatic heterocycles. The molecule has 696 valence electrons. The highest BCUT2D eigenvalue weighted by Crippen LogP contribution is 2.76. The molecule has 42 unspecified atom stereocenters. The van der Waals surface area contributed by atoms with Gasteiger partial charge in [0.1, 0.15) is 140 Å². The molecule has 12 rings (SSSR count). The Morgan fingerprint density at radius 3 is 1.71 bits per heavy atom. The van der Waals surface area contributed by atoms with Gasteiger partial charge in [0.2, 0.25) is 6.29 Å². The number of aliphatic hydroxyl groups is 19. The largest absolute Gasteiger partial charge is 0.463 e. The Balaban J connectivity index is 0.771. The van der Waals surface area contributed by atoms with Crippen LogP contribution in [0.4, 0.5) is 0 Å². The van der Waals surface area contributed by atoms with Crippen molar-refractivity contribution in [1.29, 1.82) is 0 Å². The first-order valence-electron chi connectivity index (χ1n) is 42.1. The van der Waals surface area contributed by atoms with Crippen molar-refractivity contribution in [3.8, 4) is 0 Å². The van der Waals surface area contributed by atoms with Crippen molar-refractivity contribution in [1.82, 2.24) is 0 Å². The summed E-state index contributed by atoms with van der Waals surface area (Å²) in [6.45, 7) is 18.6. The molecule has 40 nitrogen and oxygen atoms in total. The SMILES string of the molecule is C=CC(C)(O)CCC=C(C)C(=O)OC1C(O)C(CO)OC(OC(=O)C23CCC(C)(C)CC2C2=CCC4C5(C)CCC(OC6OC(COC7OCC(OC(C)=O)C(O)C7OC7OC(COC(C)=O)C(O)C(O)C7O)C(O)C(O)C6O)C(C)(C)C5CCC4(C)C2(C)C(O)C3O)C1OC1OCC(OC2OCC(O)C(OC3OCC(O)C(O)C3O)C2O)C(O)C1O. The first-order valence-corrected chi connectivity index (χ1v) is 42.1. The Hall–Kier alpha value is -4.18. The fourth-order valence-corrected chi connectivity index (χ4v) is 21.4. The molecule has 0 aromatic heterocycles. The number of rotatable bonds is 25. The Morgan fingerprint density at radius 1 is 0.516 bits per heavy atom. The van der Waals surface area contributed by atoms with Gasteiger partial charge < -0.3 is 178 Å². The Bertz CT molecular complexity index is 3680. The van der Waals surface area contributed by atoms with Crippen molar-refractivity contribution in [2.45, 2.75) is 355 Å². The molecule has 11 fully saturated rings. The molecule has 0 amide bonds. The van der Waals surface area contributed by atoms with Gasteiger partial charge in [0.15, 0.2) is 56.1 Å². The third kappa shape index (κ3) is 18.4. The van der Waals surface area contributed by atoms with Crippen LogP contribution in [0.2, 0.25) is 0 Å². The second-order valence-electron chi connectivity index (χ2n) is 37.7. The highest BCUT2D eigenvalue weighted by molar-refractivity contribution is 5.88. The molecule has 0 spiro atoms. The van der Waals surface area contributed by atoms with Crippen molar-refractivity contribution in [2.24, 2.45) is 50.2 Å². The maximum absolute atomic E-state index is 16.2. The van der Waals surface area contributed by atoms with Crippen LogP contribution in [0, 0.1) is 50.2 Å². The minimum absolute atomic E-state index is 0.0446. The van der Waals surface area contributed by atoms with E-state index >= 15 is 4.79 Å². The van der Waals surface area contributed by atoms with Crippen molar-refractivity contribution in [3.05, 3.63) is 36.0 Å². The molecule has 5 aliphatic carbocycles. The molecule has 4 saturated carbocycles. The fourth-order valence-electron chi connectivity index (χ4n) is 21.4. The molecule has 0 radical (unpaired) electrons. The number of carbonyl (C=O) groups excluding carboxylic acids is 4. The van der Waals surface area contributed by atoms with E-state index in [1.165, 1.54) is 26.0 Å². The summed E-state index contributed by atoms with van der Waals surface area (Å²) in [5.41, 5.74) is -6.63. The number of allylic oxidation sites excluding steroid dienone is 2. The maximum Gasteiger partial charge on any atom is 0.333 e. The molecule has 7 saturated heterocycles. The Labute approximate surface area is 705 Å². The summed E-state index contributed by atoms with van der Waals surface area (Å²) in [5, 5.41) is 216. The van der Waals surface area contributed by atoms with Crippen LogP contribution in [0.5, 0.6) is 0 Å². The summed E-state index contributed by atoms with van der Waals surface area (Å²) in [6, 6.07) is 0. The van der Waals surface area contributed by atoms with Gasteiger partial charge >= 0.3 is 23.9 Å². The lowest BCUT2D eigenvalue weighted by Crippen LogP contribution is -2.73. The van der Waals surface area contributed by atoms with E-state index in [2.05, 4.69) is 26.5 Å². The molecule has 19 N–H and O–H groups in total. The zero-order valence-corrected chi connectivity index (χ0v) is 70.4. The van der Waals surface area contributed by atoms with Gasteiger partial charge in [0, 0.05) is 24.8 Å². The summed E-state index contributed by atoms with van der Waals surface area (Å²) >= 11 is 0. The standard InChI is InChI=1S/C82H128O40/c1-13-78(9,105)20-14-15-33(2)67(103)118-62-52(92)40(26-83)113-74(64(62)121-69-57(97)51(91)43(30-109-69)114-70-60(100)61(39(87)28-108-70)119-68-56(96)48(88)38(86)27-107-68)122-75(104)82-24-23-76(5,6)25-37(82)36-16-17-46-79(10)21-19-47(77(7,8)45(79)18-22-80(46,11)81(36,12)65(101)66(82)102)117-71-58(98)54(94)50(90)42(115-71)31-110-73-63(53(93)44(32-111-73)112-35(4)85)120-72-59(99)55(95)49(89)41(116-72)29-106-34(3)84/h13,15-16,37-66,68-74,83,86-102,105H,1,14,17-32H2,2-12H3. The van der Waals surface area contributed by atoms with Gasteiger partial charge in [-0.3, -0.25) is 14.4 Å². The molecule has 0 aromatic carbocycles. The molecular weight excluding hydrogens is 1620 g/mol. The number of fused-ring (bicyclic) bond motifs is 7. The number of carbonyl (C=O) groups is 4. The summed E-state index contributed by atoms with van der Waals surface area (Å²) in [7, 11) is 0. The highest BCUT2D eigenvalue weighted by atomic mass is 16.8. The van der Waals surface area contributed by atoms with Gasteiger partial charge in [-0.15, -0.1) is 6.58 Å². The maximum atomic E-state index is 16.2. The van der Waals surface area contributed by atoms with Gasteiger partial charge in [-0.2, -0.15) is 0 Å². The first kappa shape index (κ1) is 96.9. The molecular formula is C82H128O40. The molecule has 42 atom stereocenters. The third-order valence-electron chi connectivity index (χ3n) is 29.0. The second kappa shape index (κ2) is 37.7. The zero-order chi connectivity index (χ0) is 89.5. The number of esters is 4. The quantitative estimate of drug-likeness (QED) is 0.0134. The number of hydrogen-bond donors (Lipinski definition) is 19. The average molecular weight is 1750 g/mol. The summed E-state index contributed by atoms with van der Waals surface area (Å²) in [4.78, 5) is 54.3. The number of aliphatic hydroxyl groups excluding tert-OH is 18. The smallest absolute Gasteiger partial charge is 0.333 e. The van der Waals surface area contributed by atoms with Crippen LogP contribution in [0.25, 0.3) is 0 Å². The zero-order valence-electron chi connectivity index (χ0n) is 70.4. The highest BCUT2D eigenvalue weighted by Gasteiger charge is 2.75. The minimum Gasteiger partial charge on any atom is -0.463 e. The lowest BCUT2D eigenvalue weighted by atomic mass is 9.32. The summed E-state index contributed by atoms with van der Waals surface area (Å²) in [5.74, 6) is -5.04. The van der Waals surface area contributed by atoms with Crippen LogP contribution in [-0.4, -0.2) is 382 Å². The van der Waals surface area contributed by atoms with E-state index in [1.54, 1.807) is 0 Å². The predicted molar refractivity (Wildman–Crippen MR) is 406 cm³/mol. The first-order chi connectivity index (χ1) is 57.1. The second-order valence-corrected chi connectivity index (χ2v) is 37.7. The fraction of sp³-hybridized carbons (Fsp3) is 0.878. The van der Waals surface area contributed by atoms with Crippen LogP contribution < -0.4 is 0 Å². The van der Waals surface area contributed by atoms with Crippen LogP contribution in [0.15, 0.2) is 36.0 Å². The van der Waals surface area contributed by atoms with Gasteiger partial charge in [-0.05, 0) is 117 Å². The van der Waals surface area contributed by atoms with E-state index in [4.69, 9.17) is 80.5 Å². The van der Waals surface area contributed by atoms with E-state index in [1.807, 2.05) is 34.6 Å². The van der Waals surface area contributed by atoms with Crippen LogP contribution in [0.1, 0.15) is 140 Å². The molecule has 12 aliphatic rings. The molecule has 0 bridgehead atoms. The normalized spacial score (nSPS) is 48.8. The number of ether oxygens (including phenoxy) is 17.